The van der Waals surface area contributed by atoms with Crippen LogP contribution in [0.3, 0.4) is 0 Å². The van der Waals surface area contributed by atoms with Crippen LogP contribution in [0.2, 0.25) is 0 Å². The maximum Gasteiger partial charge on any atom is 0.380 e. The summed E-state index contributed by atoms with van der Waals surface area (Å²) in [5.74, 6) is -3.79. The Kier molecular flexibility index (Phi) is 5.94. The zero-order chi connectivity index (χ0) is 23.2. The molecule has 0 spiro atoms. The summed E-state index contributed by atoms with van der Waals surface area (Å²) in [5.41, 5.74) is -0.0875. The number of cyclic esters (lactones) is 1. The lowest BCUT2D eigenvalue weighted by molar-refractivity contribution is -0.166. The van der Waals surface area contributed by atoms with Gasteiger partial charge in [0.2, 0.25) is 5.76 Å². The molecule has 2 atom stereocenters. The Hall–Kier alpha value is -2.43. The topological polar surface area (TPSA) is 114 Å². The Bertz CT molecular complexity index is 1010. The molecular formula is C21H26O9S. The van der Waals surface area contributed by atoms with Gasteiger partial charge in [0.1, 0.15) is 11.0 Å². The van der Waals surface area contributed by atoms with Crippen LogP contribution in [0.25, 0.3) is 0 Å². The molecule has 1 fully saturated rings. The molecule has 3 rings (SSSR count). The maximum absolute atomic E-state index is 12.7. The fourth-order valence-corrected chi connectivity index (χ4v) is 3.79. The van der Waals surface area contributed by atoms with E-state index in [4.69, 9.17) is 23.1 Å². The standard InChI is InChI=1S/C21H26O9S/c1-12-7-9-13(10-8-12)31(24,25)30-17-16(28-19(23)20(2,3)4)15(27-18(17)22)14-11-26-21(5,6)29-14/h7-10,14-15H,11H2,1-6H3/t14-,15-/m0/s1. The average molecular weight is 454 g/mol. The van der Waals surface area contributed by atoms with Crippen LogP contribution in [-0.2, 0) is 42.8 Å². The van der Waals surface area contributed by atoms with E-state index in [2.05, 4.69) is 0 Å². The largest absolute Gasteiger partial charge is 0.445 e. The van der Waals surface area contributed by atoms with E-state index in [1.165, 1.54) is 12.1 Å². The summed E-state index contributed by atoms with van der Waals surface area (Å²) >= 11 is 0. The van der Waals surface area contributed by atoms with Crippen molar-refractivity contribution in [1.82, 2.24) is 0 Å². The summed E-state index contributed by atoms with van der Waals surface area (Å²) in [4.78, 5) is 24.9. The first kappa shape index (κ1) is 23.2. The van der Waals surface area contributed by atoms with Crippen molar-refractivity contribution < 1.29 is 41.1 Å². The summed E-state index contributed by atoms with van der Waals surface area (Å²) in [6, 6.07) is 5.88. The van der Waals surface area contributed by atoms with E-state index in [9.17, 15) is 18.0 Å². The fourth-order valence-electron chi connectivity index (χ4n) is 2.86. The first-order valence-corrected chi connectivity index (χ1v) is 11.1. The van der Waals surface area contributed by atoms with Crippen molar-refractivity contribution in [1.29, 1.82) is 0 Å². The van der Waals surface area contributed by atoms with Gasteiger partial charge in [-0.05, 0) is 53.7 Å². The predicted molar refractivity (Wildman–Crippen MR) is 107 cm³/mol. The van der Waals surface area contributed by atoms with Crippen LogP contribution in [0.5, 0.6) is 0 Å². The molecule has 0 radical (unpaired) electrons. The van der Waals surface area contributed by atoms with Crippen LogP contribution in [0, 0.1) is 12.3 Å². The Labute approximate surface area is 181 Å². The van der Waals surface area contributed by atoms with Crippen molar-refractivity contribution in [3.05, 3.63) is 41.3 Å². The number of carbonyl (C=O) groups excluding carboxylic acids is 2. The first-order chi connectivity index (χ1) is 14.2. The highest BCUT2D eigenvalue weighted by Gasteiger charge is 2.50. The van der Waals surface area contributed by atoms with E-state index in [0.717, 1.165) is 5.56 Å². The maximum atomic E-state index is 12.7. The monoisotopic (exact) mass is 454 g/mol. The molecule has 9 nitrogen and oxygen atoms in total. The van der Waals surface area contributed by atoms with E-state index < -0.39 is 51.2 Å². The van der Waals surface area contributed by atoms with Crippen molar-refractivity contribution in [2.24, 2.45) is 5.41 Å². The molecule has 0 bridgehead atoms. The van der Waals surface area contributed by atoms with E-state index in [1.54, 1.807) is 53.7 Å². The van der Waals surface area contributed by atoms with Gasteiger partial charge in [-0.3, -0.25) is 4.79 Å². The number of hydrogen-bond donors (Lipinski definition) is 0. The summed E-state index contributed by atoms with van der Waals surface area (Å²) in [5, 5.41) is 0. The number of ether oxygens (including phenoxy) is 4. The Balaban J connectivity index is 1.99. The molecule has 10 heteroatoms. The lowest BCUT2D eigenvalue weighted by Crippen LogP contribution is -2.35. The van der Waals surface area contributed by atoms with Gasteiger partial charge >= 0.3 is 22.1 Å². The second-order valence-corrected chi connectivity index (χ2v) is 10.4. The van der Waals surface area contributed by atoms with Crippen LogP contribution in [-0.4, -0.2) is 45.0 Å². The Morgan fingerprint density at radius 3 is 2.29 bits per heavy atom. The summed E-state index contributed by atoms with van der Waals surface area (Å²) < 4.78 is 52.5. The van der Waals surface area contributed by atoms with Gasteiger partial charge in [-0.15, -0.1) is 0 Å². The van der Waals surface area contributed by atoms with Crippen LogP contribution in [0.1, 0.15) is 40.2 Å². The van der Waals surface area contributed by atoms with Gasteiger partial charge in [-0.25, -0.2) is 4.79 Å². The minimum absolute atomic E-state index is 0.0412. The van der Waals surface area contributed by atoms with E-state index in [1.807, 2.05) is 0 Å². The minimum Gasteiger partial charge on any atom is -0.445 e. The SMILES string of the molecule is Cc1ccc(S(=O)(=O)OC2=C(OC(=O)C(C)(C)C)[C@H]([C@@H]3COC(C)(C)O3)OC2=O)cc1. The molecule has 1 saturated heterocycles. The Morgan fingerprint density at radius 2 is 1.77 bits per heavy atom. The molecule has 0 N–H and O–H groups in total. The molecule has 170 valence electrons. The van der Waals surface area contributed by atoms with Gasteiger partial charge < -0.3 is 23.1 Å². The lowest BCUT2D eigenvalue weighted by Gasteiger charge is -2.23. The second kappa shape index (κ2) is 7.92. The molecule has 0 amide bonds. The number of carbonyl (C=O) groups is 2. The average Bonchev–Trinajstić information content (AvgIpc) is 3.15. The molecule has 0 unspecified atom stereocenters. The lowest BCUT2D eigenvalue weighted by atomic mass is 9.97. The van der Waals surface area contributed by atoms with E-state index in [0.29, 0.717) is 0 Å². The zero-order valence-electron chi connectivity index (χ0n) is 18.3. The molecule has 1 aromatic rings. The van der Waals surface area contributed by atoms with Gasteiger partial charge in [0, 0.05) is 0 Å². The van der Waals surface area contributed by atoms with Gasteiger partial charge in [0.25, 0.3) is 5.76 Å². The number of rotatable bonds is 5. The van der Waals surface area contributed by atoms with Crippen LogP contribution < -0.4 is 0 Å². The van der Waals surface area contributed by atoms with Gasteiger partial charge in [-0.1, -0.05) is 17.7 Å². The third-order valence-corrected chi connectivity index (χ3v) is 5.82. The van der Waals surface area contributed by atoms with E-state index in [-0.39, 0.29) is 17.3 Å². The van der Waals surface area contributed by atoms with Crippen LogP contribution in [0.15, 0.2) is 40.7 Å². The minimum atomic E-state index is -4.39. The number of aryl methyl sites for hydroxylation is 1. The molecule has 0 aromatic heterocycles. The van der Waals surface area contributed by atoms with Crippen LogP contribution in [0.4, 0.5) is 0 Å². The number of benzene rings is 1. The highest BCUT2D eigenvalue weighted by Crippen LogP contribution is 2.36. The number of esters is 2. The Morgan fingerprint density at radius 1 is 1.16 bits per heavy atom. The predicted octanol–water partition coefficient (Wildman–Crippen LogP) is 2.58. The summed E-state index contributed by atoms with van der Waals surface area (Å²) in [6.07, 6.45) is -2.02. The molecule has 0 aliphatic carbocycles. The molecular weight excluding hydrogens is 428 g/mol. The molecule has 2 aliphatic heterocycles. The normalized spacial score (nSPS) is 23.6. The molecule has 0 saturated carbocycles. The van der Waals surface area contributed by atoms with Crippen molar-refractivity contribution >= 4 is 22.1 Å². The summed E-state index contributed by atoms with van der Waals surface area (Å²) in [6.45, 7) is 10.0. The molecule has 31 heavy (non-hydrogen) atoms. The highest BCUT2D eigenvalue weighted by molar-refractivity contribution is 7.86. The third-order valence-electron chi connectivity index (χ3n) is 4.59. The van der Waals surface area contributed by atoms with Crippen molar-refractivity contribution in [3.63, 3.8) is 0 Å². The zero-order valence-corrected chi connectivity index (χ0v) is 19.1. The highest BCUT2D eigenvalue weighted by atomic mass is 32.2. The van der Waals surface area contributed by atoms with Gasteiger partial charge in [0.05, 0.1) is 12.0 Å². The second-order valence-electron chi connectivity index (χ2n) is 8.88. The van der Waals surface area contributed by atoms with Crippen molar-refractivity contribution in [2.45, 2.75) is 64.4 Å². The first-order valence-electron chi connectivity index (χ1n) is 9.70. The van der Waals surface area contributed by atoms with Gasteiger partial charge in [0.15, 0.2) is 11.9 Å². The van der Waals surface area contributed by atoms with Crippen LogP contribution >= 0.6 is 0 Å². The van der Waals surface area contributed by atoms with Crippen molar-refractivity contribution in [2.75, 3.05) is 6.61 Å². The summed E-state index contributed by atoms with van der Waals surface area (Å²) in [7, 11) is -4.39. The smallest absolute Gasteiger partial charge is 0.380 e. The van der Waals surface area contributed by atoms with Crippen molar-refractivity contribution in [3.8, 4) is 0 Å². The fraction of sp³-hybridized carbons (Fsp3) is 0.524. The molecule has 1 aromatic carbocycles. The number of hydrogen-bond acceptors (Lipinski definition) is 9. The molecule has 2 aliphatic rings. The quantitative estimate of drug-likeness (QED) is 0.489. The molecule has 2 heterocycles. The third kappa shape index (κ3) is 5.08. The van der Waals surface area contributed by atoms with Gasteiger partial charge in [-0.2, -0.15) is 8.42 Å². The van der Waals surface area contributed by atoms with E-state index >= 15 is 0 Å².